The molecule has 0 spiro atoms. The number of benzene rings is 2. The topological polar surface area (TPSA) is 117 Å². The van der Waals surface area contributed by atoms with Crippen LogP contribution in [0.5, 0.6) is 0 Å². The van der Waals surface area contributed by atoms with Gasteiger partial charge in [0.1, 0.15) is 19.0 Å². The van der Waals surface area contributed by atoms with Crippen LogP contribution in [-0.4, -0.2) is 62.0 Å². The van der Waals surface area contributed by atoms with Gasteiger partial charge in [-0.25, -0.2) is 0 Å². The van der Waals surface area contributed by atoms with E-state index in [4.69, 9.17) is 14.1 Å². The highest BCUT2D eigenvalue weighted by Gasteiger charge is 2.20. The summed E-state index contributed by atoms with van der Waals surface area (Å²) in [6, 6.07) is 16.7. The monoisotopic (exact) mass is 523 g/mol. The normalized spacial score (nSPS) is 13.6. The quantitative estimate of drug-likeness (QED) is 0.215. The molecule has 1 aliphatic heterocycles. The molecule has 1 aliphatic rings. The molecule has 2 aromatic rings. The summed E-state index contributed by atoms with van der Waals surface area (Å²) in [7, 11) is 1.59. The van der Waals surface area contributed by atoms with Crippen LogP contribution in [0.3, 0.4) is 0 Å². The maximum Gasteiger partial charge on any atom is 0.317 e. The Morgan fingerprint density at radius 1 is 1.23 bits per heavy atom. The number of carbonyl (C=O) groups is 3. The molecule has 4 N–H and O–H groups in total. The number of carboxylic acids is 1. The molecule has 0 bridgehead atoms. The molecule has 1 saturated heterocycles. The Balaban J connectivity index is 0.000000810. The lowest BCUT2D eigenvalue weighted by molar-refractivity contribution is -0.135. The van der Waals surface area contributed by atoms with Crippen LogP contribution in [0.1, 0.15) is 25.3 Å². The van der Waals surface area contributed by atoms with Crippen LogP contribution in [0, 0.1) is 6.92 Å². The summed E-state index contributed by atoms with van der Waals surface area (Å²) in [6.07, 6.45) is 3.55. The predicted molar refractivity (Wildman–Crippen MR) is 148 cm³/mol. The minimum absolute atomic E-state index is 0.0417. The number of aryl methyl sites for hydroxylation is 1. The number of anilines is 1. The predicted octanol–water partition coefficient (Wildman–Crippen LogP) is 4.41. The fourth-order valence-corrected chi connectivity index (χ4v) is 3.28. The molecule has 1 fully saturated rings. The minimum Gasteiger partial charge on any atom is -0.480 e. The van der Waals surface area contributed by atoms with Gasteiger partial charge in [-0.05, 0) is 61.2 Å². The second-order valence-electron chi connectivity index (χ2n) is 7.17. The number of rotatable bonds is 9. The number of likely N-dealkylation sites (N-methyl/N-ethyl adjacent to an activating group) is 1. The molecule has 1 unspecified atom stereocenters. The van der Waals surface area contributed by atoms with Crippen LogP contribution in [0.25, 0.3) is 11.1 Å². The first-order valence-electron chi connectivity index (χ1n) is 11.0. The fraction of sp³-hybridized carbons (Fsp3) is 0.400. The number of aliphatic carboxylic acids is 1. The van der Waals surface area contributed by atoms with Gasteiger partial charge in [-0.3, -0.25) is 13.8 Å². The third kappa shape index (κ3) is 15.2. The van der Waals surface area contributed by atoms with Gasteiger partial charge in [0.25, 0.3) is 0 Å². The zero-order chi connectivity index (χ0) is 26.5. The Labute approximate surface area is 217 Å². The first-order valence-corrected chi connectivity index (χ1v) is 13.2. The molecule has 0 aromatic heterocycles. The van der Waals surface area contributed by atoms with Crippen LogP contribution in [0.15, 0.2) is 48.5 Å². The van der Waals surface area contributed by atoms with E-state index in [0.29, 0.717) is 13.0 Å². The van der Waals surface area contributed by atoms with E-state index in [-0.39, 0.29) is 18.5 Å². The van der Waals surface area contributed by atoms with Crippen LogP contribution in [0.4, 0.5) is 5.69 Å². The number of amides is 1. The van der Waals surface area contributed by atoms with Gasteiger partial charge in [0.15, 0.2) is 0 Å². The molecular weight excluding hydrogens is 486 g/mol. The minimum atomic E-state index is -0.822. The molecule has 35 heavy (non-hydrogen) atoms. The van der Waals surface area contributed by atoms with Crippen molar-refractivity contribution in [1.29, 1.82) is 0 Å². The molecule has 3 rings (SSSR count). The van der Waals surface area contributed by atoms with E-state index in [0.717, 1.165) is 12.1 Å². The summed E-state index contributed by atoms with van der Waals surface area (Å²) < 4.78 is 8.74. The van der Waals surface area contributed by atoms with Gasteiger partial charge < -0.3 is 25.3 Å². The van der Waals surface area contributed by atoms with Gasteiger partial charge in [-0.1, -0.05) is 43.3 Å². The lowest BCUT2D eigenvalue weighted by atomic mass is 10.0. The molecular formula is C25H37N3O5S2. The first-order chi connectivity index (χ1) is 16.9. The number of carbonyl (C=O) groups excluding carboxylic acids is 2. The largest absolute Gasteiger partial charge is 0.480 e. The van der Waals surface area contributed by atoms with E-state index < -0.39 is 5.97 Å². The summed E-state index contributed by atoms with van der Waals surface area (Å²) in [5, 5.41) is 13.2. The summed E-state index contributed by atoms with van der Waals surface area (Å²) in [4.78, 5) is 28.7. The van der Waals surface area contributed by atoms with Crippen molar-refractivity contribution in [3.8, 4) is 11.1 Å². The Kier molecular flexibility index (Phi) is 19.3. The zero-order valence-electron chi connectivity index (χ0n) is 20.8. The van der Waals surface area contributed by atoms with E-state index in [1.165, 1.54) is 34.7 Å². The third-order valence-electron chi connectivity index (χ3n) is 4.51. The summed E-state index contributed by atoms with van der Waals surface area (Å²) in [6.45, 7) is 6.81. The highest BCUT2D eigenvalue weighted by molar-refractivity contribution is 7.98. The molecule has 194 valence electrons. The Bertz CT molecular complexity index is 854. The average Bonchev–Trinajstić information content (AvgIpc) is 3.30. The van der Waals surface area contributed by atoms with Crippen molar-refractivity contribution in [3.05, 3.63) is 54.1 Å². The average molecular weight is 524 g/mol. The van der Waals surface area contributed by atoms with Crippen LogP contribution < -0.4 is 15.4 Å². The molecule has 1 atom stereocenters. The standard InChI is InChI=1S/C18H20N2O2S.C3H7NO2.C3H8S.CH2O/c1-13-7-8-15(11-17(13)14-5-3-2-4-6-14)20-23-22-12-16-9-10-18(21)19-16;1-4-2-3(5)6;1-3-4-2;1-2/h2-8,11,16,20H,9-10,12H2,1H3,(H,19,21);4H,2H2,1H3,(H,5,6);3H2,1-2H3;1H2. The smallest absolute Gasteiger partial charge is 0.317 e. The number of nitrogens with one attached hydrogen (secondary N) is 3. The van der Waals surface area contributed by atoms with E-state index in [1.807, 2.05) is 42.8 Å². The van der Waals surface area contributed by atoms with Crippen molar-refractivity contribution in [2.75, 3.05) is 36.9 Å². The van der Waals surface area contributed by atoms with Crippen molar-refractivity contribution in [2.24, 2.45) is 0 Å². The van der Waals surface area contributed by atoms with Gasteiger partial charge in [0, 0.05) is 12.1 Å². The maximum absolute atomic E-state index is 11.1. The van der Waals surface area contributed by atoms with Gasteiger partial charge in [0.2, 0.25) is 5.91 Å². The van der Waals surface area contributed by atoms with Gasteiger partial charge in [-0.2, -0.15) is 11.8 Å². The number of thioether (sulfide) groups is 1. The van der Waals surface area contributed by atoms with E-state index >= 15 is 0 Å². The van der Waals surface area contributed by atoms with Crippen molar-refractivity contribution in [1.82, 2.24) is 10.6 Å². The van der Waals surface area contributed by atoms with Gasteiger partial charge in [0.05, 0.1) is 19.2 Å². The fourth-order valence-electron chi connectivity index (χ4n) is 2.76. The first kappa shape index (κ1) is 32.5. The summed E-state index contributed by atoms with van der Waals surface area (Å²) in [5.74, 6) is 0.528. The molecule has 8 nitrogen and oxygen atoms in total. The zero-order valence-corrected chi connectivity index (χ0v) is 22.5. The van der Waals surface area contributed by atoms with Crippen molar-refractivity contribution in [3.63, 3.8) is 0 Å². The van der Waals surface area contributed by atoms with E-state index in [1.54, 1.807) is 7.05 Å². The molecule has 0 aliphatic carbocycles. The Morgan fingerprint density at radius 3 is 2.37 bits per heavy atom. The van der Waals surface area contributed by atoms with Crippen LogP contribution in [-0.2, 0) is 18.6 Å². The second kappa shape index (κ2) is 20.8. The SMILES string of the molecule is C=O.CCSC.CNCC(=O)O.Cc1ccc(NSOCC2CCC(=O)N2)cc1-c1ccccc1. The highest BCUT2D eigenvalue weighted by atomic mass is 32.2. The molecule has 0 radical (unpaired) electrons. The molecule has 1 amide bonds. The van der Waals surface area contributed by atoms with Crippen molar-refractivity contribution >= 4 is 48.3 Å². The Hall–Kier alpha value is -2.53. The van der Waals surface area contributed by atoms with Crippen molar-refractivity contribution in [2.45, 2.75) is 32.7 Å². The van der Waals surface area contributed by atoms with Gasteiger partial charge in [-0.15, -0.1) is 0 Å². The maximum atomic E-state index is 11.1. The van der Waals surface area contributed by atoms with Crippen LogP contribution in [0.2, 0.25) is 0 Å². The lowest BCUT2D eigenvalue weighted by Crippen LogP contribution is -2.28. The highest BCUT2D eigenvalue weighted by Crippen LogP contribution is 2.27. The van der Waals surface area contributed by atoms with E-state index in [2.05, 4.69) is 59.7 Å². The van der Waals surface area contributed by atoms with Gasteiger partial charge >= 0.3 is 5.97 Å². The molecule has 10 heteroatoms. The van der Waals surface area contributed by atoms with Crippen molar-refractivity contribution < 1.29 is 23.7 Å². The number of hydrogen-bond donors (Lipinski definition) is 4. The molecule has 1 heterocycles. The third-order valence-corrected chi connectivity index (χ3v) is 5.66. The number of hydrogen-bond acceptors (Lipinski definition) is 8. The Morgan fingerprint density at radius 2 is 1.89 bits per heavy atom. The second-order valence-corrected chi connectivity index (χ2v) is 8.93. The van der Waals surface area contributed by atoms with E-state index in [9.17, 15) is 9.59 Å². The molecule has 2 aromatic carbocycles. The lowest BCUT2D eigenvalue weighted by Gasteiger charge is -2.12. The summed E-state index contributed by atoms with van der Waals surface area (Å²) >= 11 is 3.06. The van der Waals surface area contributed by atoms with Crippen LogP contribution >= 0.6 is 24.0 Å². The molecule has 0 saturated carbocycles. The summed E-state index contributed by atoms with van der Waals surface area (Å²) in [5.41, 5.74) is 4.64. The number of carboxylic acid groups (broad SMARTS) is 1.